The van der Waals surface area contributed by atoms with Crippen molar-refractivity contribution in [2.45, 2.75) is 26.4 Å². The molecule has 1 aromatic rings. The van der Waals surface area contributed by atoms with E-state index < -0.39 is 5.60 Å². The average Bonchev–Trinajstić information content (AvgIpc) is 2.63. The summed E-state index contributed by atoms with van der Waals surface area (Å²) in [5, 5.41) is 2.64. The number of amides is 2. The van der Waals surface area contributed by atoms with Crippen LogP contribution in [0.25, 0.3) is 0 Å². The van der Waals surface area contributed by atoms with Crippen LogP contribution in [0.4, 0.5) is 10.5 Å². The van der Waals surface area contributed by atoms with Crippen molar-refractivity contribution in [1.29, 1.82) is 0 Å². The third kappa shape index (κ3) is 5.16. The molecule has 7 nitrogen and oxygen atoms in total. The van der Waals surface area contributed by atoms with E-state index in [1.807, 2.05) is 45.0 Å². The van der Waals surface area contributed by atoms with E-state index in [1.54, 1.807) is 11.9 Å². The van der Waals surface area contributed by atoms with Crippen molar-refractivity contribution in [2.24, 2.45) is 5.92 Å². The monoisotopic (exact) mass is 388 g/mol. The smallest absolute Gasteiger partial charge is 0.410 e. The van der Waals surface area contributed by atoms with E-state index in [-0.39, 0.29) is 12.0 Å². The molecule has 0 atom stereocenters. The third-order valence-corrected chi connectivity index (χ3v) is 5.22. The second-order valence-electron chi connectivity index (χ2n) is 8.67. The Morgan fingerprint density at radius 1 is 1.07 bits per heavy atom. The fourth-order valence-electron chi connectivity index (χ4n) is 3.68. The summed E-state index contributed by atoms with van der Waals surface area (Å²) in [6.45, 7) is 12.3. The van der Waals surface area contributed by atoms with Gasteiger partial charge in [-0.3, -0.25) is 9.69 Å². The maximum atomic E-state index is 12.0. The molecule has 3 rings (SSSR count). The van der Waals surface area contributed by atoms with E-state index in [0.717, 1.165) is 51.5 Å². The van der Waals surface area contributed by atoms with Gasteiger partial charge in [0.1, 0.15) is 5.60 Å². The fraction of sp³-hybridized carbons (Fsp3) is 0.619. The second-order valence-corrected chi connectivity index (χ2v) is 8.67. The van der Waals surface area contributed by atoms with Crippen molar-refractivity contribution in [3.8, 4) is 0 Å². The Balaban J connectivity index is 1.39. The van der Waals surface area contributed by atoms with Crippen LogP contribution in [0, 0.1) is 5.92 Å². The lowest BCUT2D eigenvalue weighted by molar-refractivity contribution is -0.00658. The van der Waals surface area contributed by atoms with Gasteiger partial charge in [-0.15, -0.1) is 0 Å². The van der Waals surface area contributed by atoms with Crippen molar-refractivity contribution >= 4 is 17.7 Å². The number of nitrogens with zero attached hydrogens (tertiary/aromatic N) is 3. The molecule has 0 bridgehead atoms. The lowest BCUT2D eigenvalue weighted by Crippen LogP contribution is -2.57. The van der Waals surface area contributed by atoms with Crippen LogP contribution in [0.3, 0.4) is 0 Å². The summed E-state index contributed by atoms with van der Waals surface area (Å²) in [5.74, 6) is 0.475. The van der Waals surface area contributed by atoms with Gasteiger partial charge >= 0.3 is 6.09 Å². The highest BCUT2D eigenvalue weighted by Gasteiger charge is 2.35. The molecule has 0 saturated carbocycles. The molecular weight excluding hydrogens is 356 g/mol. The molecule has 2 heterocycles. The first-order chi connectivity index (χ1) is 13.2. The number of hydrogen-bond donors (Lipinski definition) is 1. The zero-order chi connectivity index (χ0) is 20.3. The number of ether oxygens (including phenoxy) is 1. The van der Waals surface area contributed by atoms with Gasteiger partial charge in [0, 0.05) is 70.0 Å². The number of carbonyl (C=O) groups excluding carboxylic acids is 2. The van der Waals surface area contributed by atoms with Crippen molar-refractivity contribution in [2.75, 3.05) is 57.8 Å². The van der Waals surface area contributed by atoms with E-state index in [9.17, 15) is 9.59 Å². The molecule has 1 N–H and O–H groups in total. The molecule has 2 saturated heterocycles. The van der Waals surface area contributed by atoms with E-state index in [4.69, 9.17) is 4.74 Å². The maximum Gasteiger partial charge on any atom is 0.410 e. The minimum absolute atomic E-state index is 0.0581. The van der Waals surface area contributed by atoms with Gasteiger partial charge in [-0.1, -0.05) is 0 Å². The molecule has 0 aromatic heterocycles. The average molecular weight is 389 g/mol. The zero-order valence-corrected chi connectivity index (χ0v) is 17.4. The number of piperazine rings is 1. The molecule has 2 aliphatic heterocycles. The van der Waals surface area contributed by atoms with Crippen LogP contribution in [-0.2, 0) is 4.74 Å². The number of likely N-dealkylation sites (tertiary alicyclic amines) is 1. The van der Waals surface area contributed by atoms with Gasteiger partial charge in [0.05, 0.1) is 0 Å². The van der Waals surface area contributed by atoms with Crippen LogP contribution >= 0.6 is 0 Å². The molecule has 0 aliphatic carbocycles. The summed E-state index contributed by atoms with van der Waals surface area (Å²) in [5.41, 5.74) is 1.41. The molecule has 0 unspecified atom stereocenters. The number of nitrogens with one attached hydrogen (secondary N) is 1. The van der Waals surface area contributed by atoms with Crippen LogP contribution in [-0.4, -0.2) is 80.3 Å². The Hall–Kier alpha value is -2.28. The van der Waals surface area contributed by atoms with Crippen LogP contribution in [0.15, 0.2) is 24.3 Å². The molecule has 2 fully saturated rings. The summed E-state index contributed by atoms with van der Waals surface area (Å²) >= 11 is 0. The SMILES string of the molecule is CNC(=O)c1ccc(N2CCN(CC3CN(C(=O)OC(C)(C)C)C3)CC2)cc1. The van der Waals surface area contributed by atoms with Gasteiger partial charge in [0.2, 0.25) is 0 Å². The number of benzene rings is 1. The minimum atomic E-state index is -0.433. The van der Waals surface area contributed by atoms with Crippen LogP contribution in [0.1, 0.15) is 31.1 Å². The molecule has 28 heavy (non-hydrogen) atoms. The van der Waals surface area contributed by atoms with Gasteiger partial charge in [-0.2, -0.15) is 0 Å². The van der Waals surface area contributed by atoms with Crippen LogP contribution in [0.2, 0.25) is 0 Å². The predicted octanol–water partition coefficient (Wildman–Crippen LogP) is 2.04. The fourth-order valence-corrected chi connectivity index (χ4v) is 3.68. The van der Waals surface area contributed by atoms with Gasteiger partial charge in [-0.25, -0.2) is 4.79 Å². The van der Waals surface area contributed by atoms with Crippen molar-refractivity contribution in [1.82, 2.24) is 15.1 Å². The Morgan fingerprint density at radius 2 is 1.68 bits per heavy atom. The lowest BCUT2D eigenvalue weighted by atomic mass is 10.00. The molecule has 0 radical (unpaired) electrons. The summed E-state index contributed by atoms with van der Waals surface area (Å²) < 4.78 is 5.41. The first-order valence-corrected chi connectivity index (χ1v) is 10.0. The minimum Gasteiger partial charge on any atom is -0.444 e. The Morgan fingerprint density at radius 3 is 2.21 bits per heavy atom. The first kappa shape index (κ1) is 20.5. The van der Waals surface area contributed by atoms with Crippen LogP contribution in [0.5, 0.6) is 0 Å². The Bertz CT molecular complexity index is 685. The van der Waals surface area contributed by atoms with Crippen LogP contribution < -0.4 is 10.2 Å². The molecule has 0 spiro atoms. The van der Waals surface area contributed by atoms with Crippen molar-refractivity contribution in [3.05, 3.63) is 29.8 Å². The normalized spacial score (nSPS) is 18.6. The summed E-state index contributed by atoms with van der Waals surface area (Å²) in [6.07, 6.45) is -0.200. The third-order valence-electron chi connectivity index (χ3n) is 5.22. The molecule has 1 aromatic carbocycles. The van der Waals surface area contributed by atoms with Crippen molar-refractivity contribution in [3.63, 3.8) is 0 Å². The summed E-state index contributed by atoms with van der Waals surface area (Å²) in [6, 6.07) is 7.79. The van der Waals surface area contributed by atoms with E-state index >= 15 is 0 Å². The molecule has 7 heteroatoms. The number of hydrogen-bond acceptors (Lipinski definition) is 5. The Labute approximate surface area is 167 Å². The number of carbonyl (C=O) groups is 2. The maximum absolute atomic E-state index is 12.0. The standard InChI is InChI=1S/C21H32N4O3/c1-21(2,3)28-20(27)25-14-16(15-25)13-23-9-11-24(12-10-23)18-7-5-17(6-8-18)19(26)22-4/h5-8,16H,9-15H2,1-4H3,(H,22,26). The summed E-state index contributed by atoms with van der Waals surface area (Å²) in [4.78, 5) is 30.3. The van der Waals surface area contributed by atoms with Gasteiger partial charge in [-0.05, 0) is 45.0 Å². The number of rotatable bonds is 4. The zero-order valence-electron chi connectivity index (χ0n) is 17.4. The molecule has 2 amide bonds. The van der Waals surface area contributed by atoms with Gasteiger partial charge in [0.15, 0.2) is 0 Å². The lowest BCUT2D eigenvalue weighted by Gasteiger charge is -2.44. The second kappa shape index (κ2) is 8.39. The van der Waals surface area contributed by atoms with Gasteiger partial charge < -0.3 is 19.9 Å². The topological polar surface area (TPSA) is 65.1 Å². The van der Waals surface area contributed by atoms with Crippen molar-refractivity contribution < 1.29 is 14.3 Å². The largest absolute Gasteiger partial charge is 0.444 e. The highest BCUT2D eigenvalue weighted by molar-refractivity contribution is 5.94. The Kier molecular flexibility index (Phi) is 6.13. The molecule has 154 valence electrons. The quantitative estimate of drug-likeness (QED) is 0.855. The van der Waals surface area contributed by atoms with E-state index in [1.165, 1.54) is 0 Å². The first-order valence-electron chi connectivity index (χ1n) is 10.0. The molecular formula is C21H32N4O3. The van der Waals surface area contributed by atoms with Gasteiger partial charge in [0.25, 0.3) is 5.91 Å². The molecule has 2 aliphatic rings. The summed E-state index contributed by atoms with van der Waals surface area (Å²) in [7, 11) is 1.64. The van der Waals surface area contributed by atoms with E-state index in [2.05, 4.69) is 15.1 Å². The highest BCUT2D eigenvalue weighted by Crippen LogP contribution is 2.22. The predicted molar refractivity (Wildman–Crippen MR) is 110 cm³/mol. The number of anilines is 1. The highest BCUT2D eigenvalue weighted by atomic mass is 16.6. The van der Waals surface area contributed by atoms with E-state index in [0.29, 0.717) is 11.5 Å².